The number of hydrogen-bond acceptors (Lipinski definition) is 2. The van der Waals surface area contributed by atoms with Gasteiger partial charge in [0.25, 0.3) is 0 Å². The van der Waals surface area contributed by atoms with E-state index in [9.17, 15) is 4.79 Å². The van der Waals surface area contributed by atoms with Crippen LogP contribution in [0.25, 0.3) is 0 Å². The van der Waals surface area contributed by atoms with Crippen LogP contribution in [0.1, 0.15) is 56.7 Å². The zero-order chi connectivity index (χ0) is 16.0. The first-order valence-corrected chi connectivity index (χ1v) is 8.01. The molecule has 118 valence electrons. The maximum atomic E-state index is 12.2. The Kier molecular flexibility index (Phi) is 6.60. The number of ketones is 1. The third kappa shape index (κ3) is 6.43. The third-order valence-corrected chi connectivity index (χ3v) is 4.19. The minimum Gasteiger partial charge on any atom is -0.330 e. The van der Waals surface area contributed by atoms with E-state index in [0.717, 1.165) is 18.4 Å². The van der Waals surface area contributed by atoms with Crippen LogP contribution in [0, 0.1) is 25.2 Å². The molecule has 0 saturated heterocycles. The van der Waals surface area contributed by atoms with Gasteiger partial charge in [0.15, 0.2) is 0 Å². The monoisotopic (exact) mass is 289 g/mol. The van der Waals surface area contributed by atoms with Gasteiger partial charge < -0.3 is 5.73 Å². The van der Waals surface area contributed by atoms with Gasteiger partial charge in [0.2, 0.25) is 0 Å². The molecule has 0 aromatic heterocycles. The summed E-state index contributed by atoms with van der Waals surface area (Å²) in [7, 11) is 0. The Balaban J connectivity index is 2.57. The first kappa shape index (κ1) is 17.9. The molecule has 0 aliphatic rings. The summed E-state index contributed by atoms with van der Waals surface area (Å²) in [5.41, 5.74) is 9.53. The normalized spacial score (nSPS) is 13.2. The molecule has 1 unspecified atom stereocenters. The lowest BCUT2D eigenvalue weighted by Gasteiger charge is -2.30. The zero-order valence-electron chi connectivity index (χ0n) is 14.3. The summed E-state index contributed by atoms with van der Waals surface area (Å²) in [6, 6.07) is 6.38. The summed E-state index contributed by atoms with van der Waals surface area (Å²) in [5.74, 6) is 0.858. The molecule has 0 heterocycles. The maximum absolute atomic E-state index is 12.2. The van der Waals surface area contributed by atoms with Gasteiger partial charge >= 0.3 is 0 Å². The van der Waals surface area contributed by atoms with Crippen molar-refractivity contribution in [3.8, 4) is 0 Å². The molecule has 1 atom stereocenters. The highest BCUT2D eigenvalue weighted by Crippen LogP contribution is 2.32. The van der Waals surface area contributed by atoms with E-state index in [2.05, 4.69) is 52.8 Å². The van der Waals surface area contributed by atoms with Crippen molar-refractivity contribution in [3.05, 3.63) is 34.9 Å². The highest BCUT2D eigenvalue weighted by atomic mass is 16.1. The second-order valence-corrected chi connectivity index (χ2v) is 7.39. The summed E-state index contributed by atoms with van der Waals surface area (Å²) in [6.45, 7) is 11.6. The van der Waals surface area contributed by atoms with E-state index in [1.165, 1.54) is 11.1 Å². The van der Waals surface area contributed by atoms with Crippen molar-refractivity contribution in [3.63, 3.8) is 0 Å². The molecule has 1 rings (SSSR count). The van der Waals surface area contributed by atoms with Crippen molar-refractivity contribution in [2.24, 2.45) is 17.1 Å². The van der Waals surface area contributed by atoms with E-state index < -0.39 is 0 Å². The molecular formula is C19H31NO. The average molecular weight is 289 g/mol. The minimum absolute atomic E-state index is 0.222. The quantitative estimate of drug-likeness (QED) is 0.817. The Morgan fingerprint density at radius 2 is 1.67 bits per heavy atom. The van der Waals surface area contributed by atoms with Crippen molar-refractivity contribution >= 4 is 5.78 Å². The van der Waals surface area contributed by atoms with Crippen molar-refractivity contribution in [1.82, 2.24) is 0 Å². The van der Waals surface area contributed by atoms with E-state index in [4.69, 9.17) is 5.73 Å². The van der Waals surface area contributed by atoms with Gasteiger partial charge in [-0.3, -0.25) is 4.79 Å². The fourth-order valence-corrected chi connectivity index (χ4v) is 3.03. The van der Waals surface area contributed by atoms with Gasteiger partial charge in [-0.1, -0.05) is 50.1 Å². The molecule has 1 aromatic rings. The van der Waals surface area contributed by atoms with Gasteiger partial charge in [-0.2, -0.15) is 0 Å². The summed E-state index contributed by atoms with van der Waals surface area (Å²) in [5, 5.41) is 0. The predicted octanol–water partition coefficient (Wildman–Crippen LogP) is 4.21. The highest BCUT2D eigenvalue weighted by Gasteiger charge is 2.24. The molecule has 0 aliphatic heterocycles. The van der Waals surface area contributed by atoms with Crippen molar-refractivity contribution in [2.45, 2.75) is 60.3 Å². The van der Waals surface area contributed by atoms with Crippen LogP contribution < -0.4 is 5.73 Å². The Labute approximate surface area is 130 Å². The average Bonchev–Trinajstić information content (AvgIpc) is 2.31. The first-order chi connectivity index (χ1) is 9.72. The standard InChI is InChI=1S/C19H31NO/c1-14-10-15(2)12-16(11-14)13-18(21)7-6-17(8-9-20)19(3,4)5/h10-12,17H,6-9,13,20H2,1-5H3. The molecule has 0 fully saturated rings. The fraction of sp³-hybridized carbons (Fsp3) is 0.632. The number of carbonyl (C=O) groups excluding carboxylic acids is 1. The van der Waals surface area contributed by atoms with E-state index in [1.54, 1.807) is 0 Å². The zero-order valence-corrected chi connectivity index (χ0v) is 14.3. The van der Waals surface area contributed by atoms with Gasteiger partial charge in [-0.15, -0.1) is 0 Å². The van der Waals surface area contributed by atoms with Gasteiger partial charge in [-0.05, 0) is 50.1 Å². The molecule has 2 heteroatoms. The van der Waals surface area contributed by atoms with Crippen LogP contribution in [0.3, 0.4) is 0 Å². The molecule has 0 radical (unpaired) electrons. The van der Waals surface area contributed by atoms with Crippen LogP contribution in [0.15, 0.2) is 18.2 Å². The summed E-state index contributed by atoms with van der Waals surface area (Å²) >= 11 is 0. The highest BCUT2D eigenvalue weighted by molar-refractivity contribution is 5.80. The van der Waals surface area contributed by atoms with E-state index in [-0.39, 0.29) is 5.41 Å². The summed E-state index contributed by atoms with van der Waals surface area (Å²) < 4.78 is 0. The topological polar surface area (TPSA) is 43.1 Å². The third-order valence-electron chi connectivity index (χ3n) is 4.19. The number of Topliss-reactive ketones (excluding diaryl/α,β-unsaturated/α-hetero) is 1. The van der Waals surface area contributed by atoms with Crippen molar-refractivity contribution in [2.75, 3.05) is 6.54 Å². The van der Waals surface area contributed by atoms with Crippen LogP contribution in [-0.2, 0) is 11.2 Å². The molecule has 1 aromatic carbocycles. The van der Waals surface area contributed by atoms with E-state index in [1.807, 2.05) is 0 Å². The molecule has 21 heavy (non-hydrogen) atoms. The Morgan fingerprint density at radius 3 is 2.14 bits per heavy atom. The second-order valence-electron chi connectivity index (χ2n) is 7.39. The first-order valence-electron chi connectivity index (χ1n) is 8.01. The molecule has 0 amide bonds. The lowest BCUT2D eigenvalue weighted by Crippen LogP contribution is -2.24. The second kappa shape index (κ2) is 7.74. The van der Waals surface area contributed by atoms with Crippen LogP contribution in [-0.4, -0.2) is 12.3 Å². The molecule has 0 bridgehead atoms. The fourth-order valence-electron chi connectivity index (χ4n) is 3.03. The van der Waals surface area contributed by atoms with Crippen molar-refractivity contribution in [1.29, 1.82) is 0 Å². The molecule has 0 saturated carbocycles. The number of carbonyl (C=O) groups is 1. The lowest BCUT2D eigenvalue weighted by atomic mass is 9.76. The number of rotatable bonds is 7. The minimum atomic E-state index is 0.222. The van der Waals surface area contributed by atoms with Gasteiger partial charge in [0.05, 0.1) is 0 Å². The predicted molar refractivity (Wildman–Crippen MR) is 90.5 cm³/mol. The van der Waals surface area contributed by atoms with Crippen LogP contribution in [0.4, 0.5) is 0 Å². The Hall–Kier alpha value is -1.15. The Morgan fingerprint density at radius 1 is 1.10 bits per heavy atom. The van der Waals surface area contributed by atoms with Crippen molar-refractivity contribution < 1.29 is 4.79 Å². The Bertz CT molecular complexity index is 451. The summed E-state index contributed by atoms with van der Waals surface area (Å²) in [4.78, 5) is 12.2. The van der Waals surface area contributed by atoms with Gasteiger partial charge in [0.1, 0.15) is 5.78 Å². The van der Waals surface area contributed by atoms with Gasteiger partial charge in [0, 0.05) is 12.8 Å². The number of benzene rings is 1. The van der Waals surface area contributed by atoms with E-state index >= 15 is 0 Å². The van der Waals surface area contributed by atoms with Gasteiger partial charge in [-0.25, -0.2) is 0 Å². The smallest absolute Gasteiger partial charge is 0.137 e. The maximum Gasteiger partial charge on any atom is 0.137 e. The van der Waals surface area contributed by atoms with Crippen LogP contribution >= 0.6 is 0 Å². The molecule has 0 spiro atoms. The molecular weight excluding hydrogens is 258 g/mol. The number of aryl methyl sites for hydroxylation is 2. The van der Waals surface area contributed by atoms with Crippen LogP contribution in [0.2, 0.25) is 0 Å². The molecule has 2 N–H and O–H groups in total. The molecule has 0 aliphatic carbocycles. The molecule has 2 nitrogen and oxygen atoms in total. The SMILES string of the molecule is Cc1cc(C)cc(CC(=O)CCC(CCN)C(C)(C)C)c1. The lowest BCUT2D eigenvalue weighted by molar-refractivity contribution is -0.118. The number of hydrogen-bond donors (Lipinski definition) is 1. The number of nitrogens with two attached hydrogens (primary N) is 1. The van der Waals surface area contributed by atoms with E-state index in [0.29, 0.717) is 31.1 Å². The largest absolute Gasteiger partial charge is 0.330 e. The summed E-state index contributed by atoms with van der Waals surface area (Å²) in [6.07, 6.45) is 3.17. The van der Waals surface area contributed by atoms with Crippen LogP contribution in [0.5, 0.6) is 0 Å².